The van der Waals surface area contributed by atoms with Crippen LogP contribution < -0.4 is 0 Å². The SMILES string of the molecule is C[C@]12C=CC(=O)C=C1CC[C@@H]1[C@@H]2[C@H](O)C[C@@]2(C)[C@@H]1CC[C@]2(O)C(=O)C(O)O. The number of carbonyl (C=O) groups excluding carboxylic acids is 2. The molecular weight excluding hydrogens is 348 g/mol. The summed E-state index contributed by atoms with van der Waals surface area (Å²) in [4.78, 5) is 24.2. The minimum Gasteiger partial charge on any atom is -0.393 e. The quantitative estimate of drug-likeness (QED) is 0.532. The number of hydrogen-bond acceptors (Lipinski definition) is 6. The van der Waals surface area contributed by atoms with Crippen LogP contribution in [0.15, 0.2) is 23.8 Å². The van der Waals surface area contributed by atoms with Gasteiger partial charge in [0.25, 0.3) is 0 Å². The molecule has 4 aliphatic rings. The van der Waals surface area contributed by atoms with Crippen molar-refractivity contribution in [3.63, 3.8) is 0 Å². The van der Waals surface area contributed by atoms with E-state index in [2.05, 4.69) is 6.92 Å². The van der Waals surface area contributed by atoms with Crippen molar-refractivity contribution in [2.75, 3.05) is 0 Å². The molecule has 0 aromatic carbocycles. The Morgan fingerprint density at radius 3 is 2.63 bits per heavy atom. The van der Waals surface area contributed by atoms with Crippen LogP contribution in [0, 0.1) is 28.6 Å². The third kappa shape index (κ3) is 2.33. The van der Waals surface area contributed by atoms with E-state index >= 15 is 0 Å². The second-order valence-electron chi connectivity index (χ2n) is 9.35. The van der Waals surface area contributed by atoms with Crippen molar-refractivity contribution >= 4 is 11.6 Å². The number of allylic oxidation sites excluding steroid dienone is 4. The van der Waals surface area contributed by atoms with Gasteiger partial charge in [0.15, 0.2) is 5.78 Å². The van der Waals surface area contributed by atoms with Crippen molar-refractivity contribution in [3.8, 4) is 0 Å². The summed E-state index contributed by atoms with van der Waals surface area (Å²) in [5, 5.41) is 41.1. The van der Waals surface area contributed by atoms with Gasteiger partial charge in [0.2, 0.25) is 12.1 Å². The number of rotatable bonds is 2. The van der Waals surface area contributed by atoms with Crippen LogP contribution in [0.2, 0.25) is 0 Å². The van der Waals surface area contributed by atoms with Crippen molar-refractivity contribution in [1.29, 1.82) is 0 Å². The van der Waals surface area contributed by atoms with Gasteiger partial charge < -0.3 is 20.4 Å². The Labute approximate surface area is 158 Å². The lowest BCUT2D eigenvalue weighted by molar-refractivity contribution is -0.194. The van der Waals surface area contributed by atoms with Crippen molar-refractivity contribution in [2.24, 2.45) is 28.6 Å². The van der Waals surface area contributed by atoms with E-state index in [9.17, 15) is 30.0 Å². The molecule has 4 aliphatic carbocycles. The van der Waals surface area contributed by atoms with Gasteiger partial charge in [0.05, 0.1) is 6.10 Å². The summed E-state index contributed by atoms with van der Waals surface area (Å²) >= 11 is 0. The average Bonchev–Trinajstić information content (AvgIpc) is 2.86. The predicted molar refractivity (Wildman–Crippen MR) is 96.2 cm³/mol. The van der Waals surface area contributed by atoms with Crippen LogP contribution in [0.3, 0.4) is 0 Å². The minimum absolute atomic E-state index is 0.00278. The van der Waals surface area contributed by atoms with Gasteiger partial charge in [-0.1, -0.05) is 25.5 Å². The van der Waals surface area contributed by atoms with Crippen LogP contribution in [0.4, 0.5) is 0 Å². The predicted octanol–water partition coefficient (Wildman–Crippen LogP) is 0.876. The smallest absolute Gasteiger partial charge is 0.220 e. The number of hydrogen-bond donors (Lipinski definition) is 4. The Morgan fingerprint density at radius 2 is 1.96 bits per heavy atom. The van der Waals surface area contributed by atoms with E-state index < -0.39 is 34.6 Å². The number of carbonyl (C=O) groups is 2. The van der Waals surface area contributed by atoms with Crippen LogP contribution in [0.5, 0.6) is 0 Å². The molecule has 6 heteroatoms. The topological polar surface area (TPSA) is 115 Å². The van der Waals surface area contributed by atoms with Crippen LogP contribution >= 0.6 is 0 Å². The van der Waals surface area contributed by atoms with Gasteiger partial charge >= 0.3 is 0 Å². The molecule has 0 bridgehead atoms. The van der Waals surface area contributed by atoms with Crippen LogP contribution in [-0.4, -0.2) is 50.0 Å². The highest BCUT2D eigenvalue weighted by molar-refractivity contribution is 6.01. The molecule has 0 spiro atoms. The van der Waals surface area contributed by atoms with Gasteiger partial charge in [-0.3, -0.25) is 9.59 Å². The molecular formula is C21H28O6. The first-order valence-electron chi connectivity index (χ1n) is 9.80. The molecule has 148 valence electrons. The Morgan fingerprint density at radius 1 is 1.26 bits per heavy atom. The molecule has 27 heavy (non-hydrogen) atoms. The normalized spacial score (nSPS) is 48.7. The van der Waals surface area contributed by atoms with E-state index in [1.54, 1.807) is 19.1 Å². The molecule has 4 N–H and O–H groups in total. The van der Waals surface area contributed by atoms with Gasteiger partial charge in [-0.15, -0.1) is 0 Å². The van der Waals surface area contributed by atoms with Crippen molar-refractivity contribution in [3.05, 3.63) is 23.8 Å². The van der Waals surface area contributed by atoms with Gasteiger partial charge in [0, 0.05) is 16.7 Å². The highest BCUT2D eigenvalue weighted by atomic mass is 16.5. The number of ketones is 2. The largest absolute Gasteiger partial charge is 0.393 e. The Kier molecular flexibility index (Phi) is 4.10. The molecule has 0 aromatic heterocycles. The molecule has 0 saturated heterocycles. The van der Waals surface area contributed by atoms with E-state index in [-0.39, 0.29) is 36.4 Å². The molecule has 0 aromatic rings. The number of aliphatic hydroxyl groups is 4. The molecule has 6 nitrogen and oxygen atoms in total. The summed E-state index contributed by atoms with van der Waals surface area (Å²) in [6, 6.07) is 0. The average molecular weight is 376 g/mol. The fourth-order valence-corrected chi connectivity index (χ4v) is 6.95. The number of fused-ring (bicyclic) bond motifs is 5. The fraction of sp³-hybridized carbons (Fsp3) is 0.714. The monoisotopic (exact) mass is 376 g/mol. The second kappa shape index (κ2) is 5.83. The molecule has 3 fully saturated rings. The first-order chi connectivity index (χ1) is 12.5. The van der Waals surface area contributed by atoms with Crippen LogP contribution in [0.25, 0.3) is 0 Å². The maximum atomic E-state index is 12.4. The summed E-state index contributed by atoms with van der Waals surface area (Å²) in [5.74, 6) is -0.978. The zero-order chi connectivity index (χ0) is 19.8. The highest BCUT2D eigenvalue weighted by Gasteiger charge is 2.68. The number of Topliss-reactive ketones (excluding diaryl/α,β-unsaturated/α-hetero) is 1. The summed E-state index contributed by atoms with van der Waals surface area (Å²) < 4.78 is 0. The van der Waals surface area contributed by atoms with Crippen molar-refractivity contribution < 1.29 is 30.0 Å². The highest BCUT2D eigenvalue weighted by Crippen LogP contribution is 2.67. The Bertz CT molecular complexity index is 754. The molecule has 0 heterocycles. The van der Waals surface area contributed by atoms with Gasteiger partial charge in [-0.25, -0.2) is 0 Å². The number of aliphatic hydroxyl groups excluding tert-OH is 2. The van der Waals surface area contributed by atoms with Crippen LogP contribution in [-0.2, 0) is 9.59 Å². The third-order valence-electron chi connectivity index (χ3n) is 8.29. The standard InChI is InChI=1S/C21H28O6/c1-19-7-5-12(22)9-11(19)3-4-13-14-6-8-21(27,17(24)18(25)26)20(14,2)10-15(23)16(13)19/h5,7,9,13-16,18,23,25-27H,3-4,6,8,10H2,1-2H3/t13-,14+,15+,16+,19-,20-,21-/m0/s1. The molecule has 4 rings (SSSR count). The van der Waals surface area contributed by atoms with Gasteiger partial charge in [0.1, 0.15) is 5.60 Å². The summed E-state index contributed by atoms with van der Waals surface area (Å²) in [6.45, 7) is 3.87. The molecule has 7 atom stereocenters. The fourth-order valence-electron chi connectivity index (χ4n) is 6.95. The van der Waals surface area contributed by atoms with E-state index in [1.165, 1.54) is 0 Å². The molecule has 0 aliphatic heterocycles. The Hall–Kier alpha value is -1.34. The summed E-state index contributed by atoms with van der Waals surface area (Å²) in [6.07, 6.45) is 4.75. The van der Waals surface area contributed by atoms with E-state index in [0.29, 0.717) is 6.42 Å². The lowest BCUT2D eigenvalue weighted by Crippen LogP contribution is -2.62. The molecule has 0 unspecified atom stereocenters. The first kappa shape index (κ1) is 19.0. The maximum Gasteiger partial charge on any atom is 0.220 e. The van der Waals surface area contributed by atoms with Gasteiger partial charge in [-0.2, -0.15) is 0 Å². The van der Waals surface area contributed by atoms with Gasteiger partial charge in [-0.05, 0) is 56.1 Å². The molecule has 3 saturated carbocycles. The minimum atomic E-state index is -2.22. The summed E-state index contributed by atoms with van der Waals surface area (Å²) in [7, 11) is 0. The first-order valence-corrected chi connectivity index (χ1v) is 9.80. The van der Waals surface area contributed by atoms with E-state index in [0.717, 1.165) is 18.4 Å². The van der Waals surface area contributed by atoms with Crippen molar-refractivity contribution in [2.45, 2.75) is 63.9 Å². The summed E-state index contributed by atoms with van der Waals surface area (Å²) in [5.41, 5.74) is -2.10. The molecule has 0 amide bonds. The van der Waals surface area contributed by atoms with E-state index in [1.807, 2.05) is 6.08 Å². The third-order valence-corrected chi connectivity index (χ3v) is 8.29. The maximum absolute atomic E-state index is 12.4. The zero-order valence-corrected chi connectivity index (χ0v) is 15.8. The lowest BCUT2D eigenvalue weighted by Gasteiger charge is -2.59. The molecule has 0 radical (unpaired) electrons. The van der Waals surface area contributed by atoms with Crippen molar-refractivity contribution in [1.82, 2.24) is 0 Å². The zero-order valence-electron chi connectivity index (χ0n) is 15.8. The van der Waals surface area contributed by atoms with E-state index in [4.69, 9.17) is 0 Å². The lowest BCUT2D eigenvalue weighted by atomic mass is 9.46. The second-order valence-corrected chi connectivity index (χ2v) is 9.35. The Balaban J connectivity index is 1.74. The van der Waals surface area contributed by atoms with Crippen LogP contribution in [0.1, 0.15) is 46.0 Å².